The van der Waals surface area contributed by atoms with E-state index in [2.05, 4.69) is 20.6 Å². The van der Waals surface area contributed by atoms with Crippen LogP contribution in [0.2, 0.25) is 0 Å². The number of fused-ring (bicyclic) bond motifs is 2. The standard InChI is InChI=1S/C27H47N3O11/c1-13(2)18-19(32)24(25(35)29-11-7-10-28-17(31)9-8-15(5)30-36-6)41-26(20(18)33)40-22-16-12-37-23(22)21(34)27(39-16)38-14(3)4/h13-14,16,18-24,26-27,32-34H,7-12H2,1-6H3,(H,28,31)(H,29,35)/t16-,18+,19-,20?,21?,22-,23?,24?,26-,27-/m1/s1. The molecular weight excluding hydrogens is 542 g/mol. The zero-order valence-corrected chi connectivity index (χ0v) is 24.7. The van der Waals surface area contributed by atoms with E-state index in [0.717, 1.165) is 0 Å². The van der Waals surface area contributed by atoms with Crippen LogP contribution in [0.15, 0.2) is 5.16 Å². The molecule has 10 atom stereocenters. The summed E-state index contributed by atoms with van der Waals surface area (Å²) in [4.78, 5) is 29.7. The predicted octanol–water partition coefficient (Wildman–Crippen LogP) is -0.575. The number of hydrogen-bond acceptors (Lipinski definition) is 12. The topological polar surface area (TPSA) is 187 Å². The van der Waals surface area contributed by atoms with Gasteiger partial charge in [0, 0.05) is 25.4 Å². The van der Waals surface area contributed by atoms with Gasteiger partial charge in [-0.2, -0.15) is 0 Å². The van der Waals surface area contributed by atoms with E-state index in [4.69, 9.17) is 23.7 Å². The van der Waals surface area contributed by atoms with Crippen molar-refractivity contribution in [1.29, 1.82) is 0 Å². The lowest BCUT2D eigenvalue weighted by Crippen LogP contribution is -2.63. The van der Waals surface area contributed by atoms with Crippen LogP contribution in [-0.2, 0) is 38.1 Å². The number of aliphatic hydroxyl groups excluding tert-OH is 3. The normalized spacial score (nSPS) is 35.5. The Morgan fingerprint density at radius 1 is 0.976 bits per heavy atom. The summed E-state index contributed by atoms with van der Waals surface area (Å²) < 4.78 is 29.1. The largest absolute Gasteiger partial charge is 0.399 e. The van der Waals surface area contributed by atoms with Gasteiger partial charge in [-0.1, -0.05) is 19.0 Å². The molecule has 3 rings (SSSR count). The van der Waals surface area contributed by atoms with Gasteiger partial charge in [-0.05, 0) is 39.5 Å². The van der Waals surface area contributed by atoms with Crippen molar-refractivity contribution in [2.45, 2.75) is 115 Å². The molecule has 2 bridgehead atoms. The van der Waals surface area contributed by atoms with Gasteiger partial charge in [0.05, 0.1) is 24.5 Å². The summed E-state index contributed by atoms with van der Waals surface area (Å²) in [5.74, 6) is -1.63. The molecule has 0 spiro atoms. The van der Waals surface area contributed by atoms with Gasteiger partial charge in [0.2, 0.25) is 5.91 Å². The van der Waals surface area contributed by atoms with E-state index >= 15 is 0 Å². The first kappa shape index (κ1) is 33.6. The highest BCUT2D eigenvalue weighted by molar-refractivity contribution is 5.86. The van der Waals surface area contributed by atoms with Crippen LogP contribution in [0.1, 0.15) is 53.9 Å². The molecular formula is C27H47N3O11. The van der Waals surface area contributed by atoms with E-state index in [1.165, 1.54) is 7.11 Å². The number of oxime groups is 1. The number of carbonyl (C=O) groups is 2. The SMILES string of the molecule is CON=C(C)CCC(=O)NCCCNC(=O)C1O[C@@H](O[C@H]2C3OC[C@H]2O[C@@H](OC(C)C)C3O)C(O)[C@@H](C(C)C)[C@H]1O. The molecule has 236 valence electrons. The maximum Gasteiger partial charge on any atom is 0.251 e. The van der Waals surface area contributed by atoms with Crippen LogP contribution in [0.25, 0.3) is 0 Å². The zero-order valence-electron chi connectivity index (χ0n) is 24.7. The number of carbonyl (C=O) groups excluding carboxylic acids is 2. The lowest BCUT2D eigenvalue weighted by Gasteiger charge is -2.46. The second-order valence-electron chi connectivity index (χ2n) is 11.3. The second kappa shape index (κ2) is 15.5. The number of amides is 2. The van der Waals surface area contributed by atoms with Gasteiger partial charge in [-0.3, -0.25) is 9.59 Å². The minimum atomic E-state index is -1.31. The zero-order chi connectivity index (χ0) is 30.3. The van der Waals surface area contributed by atoms with Crippen molar-refractivity contribution in [1.82, 2.24) is 10.6 Å². The summed E-state index contributed by atoms with van der Waals surface area (Å²) in [7, 11) is 1.45. The first-order valence-corrected chi connectivity index (χ1v) is 14.3. The van der Waals surface area contributed by atoms with Crippen LogP contribution in [0.4, 0.5) is 0 Å². The van der Waals surface area contributed by atoms with Crippen molar-refractivity contribution >= 4 is 17.5 Å². The number of hydrogen-bond donors (Lipinski definition) is 5. The number of rotatable bonds is 14. The maximum absolute atomic E-state index is 13.0. The minimum Gasteiger partial charge on any atom is -0.399 e. The van der Waals surface area contributed by atoms with E-state index < -0.39 is 67.1 Å². The van der Waals surface area contributed by atoms with Gasteiger partial charge in [0.15, 0.2) is 18.7 Å². The Bertz CT molecular complexity index is 889. The number of ether oxygens (including phenoxy) is 5. The Morgan fingerprint density at radius 3 is 2.34 bits per heavy atom. The third-order valence-corrected chi connectivity index (χ3v) is 7.39. The maximum atomic E-state index is 13.0. The van der Waals surface area contributed by atoms with E-state index in [0.29, 0.717) is 25.1 Å². The Kier molecular flexibility index (Phi) is 12.7. The molecule has 3 heterocycles. The van der Waals surface area contributed by atoms with Crippen LogP contribution in [0, 0.1) is 11.8 Å². The fourth-order valence-electron chi connectivity index (χ4n) is 5.35. The number of nitrogens with zero attached hydrogens (tertiary/aromatic N) is 1. The monoisotopic (exact) mass is 589 g/mol. The Hall–Kier alpha value is -1.91. The van der Waals surface area contributed by atoms with Crippen molar-refractivity contribution in [3.63, 3.8) is 0 Å². The van der Waals surface area contributed by atoms with Gasteiger partial charge < -0.3 is 54.5 Å². The molecule has 4 unspecified atom stereocenters. The molecule has 0 aromatic heterocycles. The van der Waals surface area contributed by atoms with Crippen LogP contribution in [0.3, 0.4) is 0 Å². The van der Waals surface area contributed by atoms with Gasteiger partial charge in [0.25, 0.3) is 5.91 Å². The molecule has 3 aliphatic heterocycles. The Balaban J connectivity index is 1.54. The minimum absolute atomic E-state index is 0.140. The molecule has 3 fully saturated rings. The van der Waals surface area contributed by atoms with Gasteiger partial charge in [0.1, 0.15) is 37.6 Å². The van der Waals surface area contributed by atoms with E-state index in [1.54, 1.807) is 6.92 Å². The predicted molar refractivity (Wildman–Crippen MR) is 144 cm³/mol. The highest BCUT2D eigenvalue weighted by Gasteiger charge is 2.56. The molecule has 14 heteroatoms. The summed E-state index contributed by atoms with van der Waals surface area (Å²) in [6, 6.07) is 0. The summed E-state index contributed by atoms with van der Waals surface area (Å²) in [6.07, 6.45) is -8.24. The van der Waals surface area contributed by atoms with E-state index in [9.17, 15) is 24.9 Å². The Morgan fingerprint density at radius 2 is 1.68 bits per heavy atom. The molecule has 3 aliphatic rings. The van der Waals surface area contributed by atoms with E-state index in [-0.39, 0.29) is 37.5 Å². The second-order valence-corrected chi connectivity index (χ2v) is 11.3. The molecule has 0 aromatic carbocycles. The fourth-order valence-corrected chi connectivity index (χ4v) is 5.35. The first-order valence-electron chi connectivity index (χ1n) is 14.3. The fraction of sp³-hybridized carbons (Fsp3) is 0.889. The smallest absolute Gasteiger partial charge is 0.251 e. The van der Waals surface area contributed by atoms with Crippen molar-refractivity contribution in [3.8, 4) is 0 Å². The Labute approximate surface area is 241 Å². The highest BCUT2D eigenvalue weighted by Crippen LogP contribution is 2.37. The summed E-state index contributed by atoms with van der Waals surface area (Å²) in [6.45, 7) is 9.82. The van der Waals surface area contributed by atoms with E-state index in [1.807, 2.05) is 27.7 Å². The molecule has 2 amide bonds. The quantitative estimate of drug-likeness (QED) is 0.0992. The number of nitrogens with one attached hydrogen (secondary N) is 2. The summed E-state index contributed by atoms with van der Waals surface area (Å²) in [5.41, 5.74) is 0.713. The lowest BCUT2D eigenvalue weighted by molar-refractivity contribution is -0.333. The van der Waals surface area contributed by atoms with Crippen molar-refractivity contribution in [2.75, 3.05) is 26.8 Å². The van der Waals surface area contributed by atoms with Crippen LogP contribution >= 0.6 is 0 Å². The van der Waals surface area contributed by atoms with Crippen LogP contribution in [-0.4, -0.2) is 121 Å². The summed E-state index contributed by atoms with van der Waals surface area (Å²) >= 11 is 0. The van der Waals surface area contributed by atoms with Crippen LogP contribution in [0.5, 0.6) is 0 Å². The third kappa shape index (κ3) is 8.80. The van der Waals surface area contributed by atoms with Gasteiger partial charge >= 0.3 is 0 Å². The molecule has 0 aliphatic carbocycles. The first-order chi connectivity index (χ1) is 19.4. The summed E-state index contributed by atoms with van der Waals surface area (Å²) in [5, 5.41) is 42.1. The molecule has 0 radical (unpaired) electrons. The average molecular weight is 590 g/mol. The third-order valence-electron chi connectivity index (χ3n) is 7.39. The van der Waals surface area contributed by atoms with Gasteiger partial charge in [-0.15, -0.1) is 0 Å². The average Bonchev–Trinajstić information content (AvgIpc) is 3.21. The molecule has 0 saturated carbocycles. The van der Waals surface area contributed by atoms with Crippen molar-refractivity contribution in [3.05, 3.63) is 0 Å². The van der Waals surface area contributed by atoms with Crippen molar-refractivity contribution in [2.24, 2.45) is 17.0 Å². The van der Waals surface area contributed by atoms with Crippen LogP contribution < -0.4 is 10.6 Å². The van der Waals surface area contributed by atoms with Crippen molar-refractivity contribution < 1.29 is 53.4 Å². The highest BCUT2D eigenvalue weighted by atomic mass is 16.8. The van der Waals surface area contributed by atoms with Gasteiger partial charge in [-0.25, -0.2) is 0 Å². The molecule has 5 N–H and O–H groups in total. The lowest BCUT2D eigenvalue weighted by atomic mass is 9.80. The molecule has 14 nitrogen and oxygen atoms in total. The molecule has 41 heavy (non-hydrogen) atoms. The molecule has 0 aromatic rings. The molecule has 3 saturated heterocycles. The number of aliphatic hydroxyl groups is 3.